The molecule has 174 valence electrons. The van der Waals surface area contributed by atoms with E-state index in [0.29, 0.717) is 10.7 Å². The first-order valence-electron chi connectivity index (χ1n) is 11.1. The summed E-state index contributed by atoms with van der Waals surface area (Å²) in [5.74, 6) is -1.55. The number of benzene rings is 2. The number of carbonyl (C=O) groups is 3. The summed E-state index contributed by atoms with van der Waals surface area (Å²) in [5, 5.41) is 7.56. The van der Waals surface area contributed by atoms with Gasteiger partial charge in [-0.05, 0) is 67.5 Å². The van der Waals surface area contributed by atoms with Crippen molar-refractivity contribution >= 4 is 34.3 Å². The van der Waals surface area contributed by atoms with Crippen molar-refractivity contribution in [2.45, 2.75) is 38.1 Å². The van der Waals surface area contributed by atoms with Gasteiger partial charge in [-0.15, -0.1) is 11.3 Å². The van der Waals surface area contributed by atoms with E-state index < -0.39 is 35.7 Å². The molecule has 0 bridgehead atoms. The van der Waals surface area contributed by atoms with Crippen molar-refractivity contribution in [1.82, 2.24) is 15.2 Å². The molecule has 1 aromatic heterocycles. The van der Waals surface area contributed by atoms with Crippen LogP contribution in [-0.4, -0.2) is 34.3 Å². The van der Waals surface area contributed by atoms with Crippen molar-refractivity contribution in [3.05, 3.63) is 70.4 Å². The predicted molar refractivity (Wildman–Crippen MR) is 127 cm³/mol. The first-order valence-corrected chi connectivity index (χ1v) is 12.0. The molecule has 5 rings (SSSR count). The Balaban J connectivity index is 1.26. The number of fused-ring (bicyclic) bond motifs is 1. The Morgan fingerprint density at radius 2 is 1.88 bits per heavy atom. The van der Waals surface area contributed by atoms with Gasteiger partial charge >= 0.3 is 6.03 Å². The molecule has 3 aromatic rings. The number of amides is 4. The van der Waals surface area contributed by atoms with Crippen LogP contribution < -0.4 is 10.6 Å². The van der Waals surface area contributed by atoms with Gasteiger partial charge in [-0.25, -0.2) is 14.2 Å². The van der Waals surface area contributed by atoms with Crippen LogP contribution in [0.15, 0.2) is 47.8 Å². The van der Waals surface area contributed by atoms with Crippen molar-refractivity contribution in [3.63, 3.8) is 0 Å². The van der Waals surface area contributed by atoms with Gasteiger partial charge in [0.15, 0.2) is 5.13 Å². The number of urea groups is 1. The predicted octanol–water partition coefficient (Wildman–Crippen LogP) is 4.23. The summed E-state index contributed by atoms with van der Waals surface area (Å²) >= 11 is 1.29. The fourth-order valence-corrected chi connectivity index (χ4v) is 5.21. The lowest BCUT2D eigenvalue weighted by molar-refractivity contribution is -0.133. The molecule has 0 saturated carbocycles. The molecular weight excluding hydrogens is 455 g/mol. The summed E-state index contributed by atoms with van der Waals surface area (Å²) < 4.78 is 13.3. The van der Waals surface area contributed by atoms with Crippen molar-refractivity contribution in [2.75, 3.05) is 11.9 Å². The number of thiazole rings is 1. The van der Waals surface area contributed by atoms with Crippen LogP contribution in [0.3, 0.4) is 0 Å². The smallest absolute Gasteiger partial charge is 0.319 e. The van der Waals surface area contributed by atoms with E-state index in [0.717, 1.165) is 29.0 Å². The third-order valence-electron chi connectivity index (χ3n) is 6.39. The molecule has 2 aromatic carbocycles. The van der Waals surface area contributed by atoms with Crippen LogP contribution >= 0.6 is 11.3 Å². The highest BCUT2D eigenvalue weighted by Crippen LogP contribution is 2.31. The summed E-state index contributed by atoms with van der Waals surface area (Å²) in [6.07, 6.45) is 4.59. The monoisotopic (exact) mass is 478 g/mol. The van der Waals surface area contributed by atoms with Gasteiger partial charge in [-0.1, -0.05) is 24.3 Å². The lowest BCUT2D eigenvalue weighted by Crippen LogP contribution is -2.42. The van der Waals surface area contributed by atoms with E-state index in [4.69, 9.17) is 0 Å². The average Bonchev–Trinajstić information content (AvgIpc) is 3.38. The Morgan fingerprint density at radius 1 is 1.15 bits per heavy atom. The Kier molecular flexibility index (Phi) is 5.65. The third-order valence-corrected chi connectivity index (χ3v) is 7.15. The van der Waals surface area contributed by atoms with Crippen LogP contribution in [0.2, 0.25) is 0 Å². The molecule has 2 aliphatic rings. The number of rotatable bonds is 5. The number of halogens is 1. The number of nitrogens with one attached hydrogen (secondary N) is 2. The van der Waals surface area contributed by atoms with E-state index in [1.54, 1.807) is 0 Å². The minimum atomic E-state index is -1.37. The highest BCUT2D eigenvalue weighted by atomic mass is 32.1. The first-order chi connectivity index (χ1) is 16.3. The second kappa shape index (κ2) is 8.64. The molecule has 0 radical (unpaired) electrons. The minimum absolute atomic E-state index is 0.395. The topological polar surface area (TPSA) is 91.4 Å². The van der Waals surface area contributed by atoms with Crippen LogP contribution in [0, 0.1) is 5.82 Å². The molecule has 2 N–H and O–H groups in total. The van der Waals surface area contributed by atoms with E-state index in [1.807, 2.05) is 11.4 Å². The molecule has 1 aliphatic carbocycles. The zero-order valence-corrected chi connectivity index (χ0v) is 19.4. The summed E-state index contributed by atoms with van der Waals surface area (Å²) in [7, 11) is 0. The fourth-order valence-electron chi connectivity index (χ4n) is 4.48. The molecule has 1 fully saturated rings. The molecule has 2 heterocycles. The highest BCUT2D eigenvalue weighted by molar-refractivity contribution is 7.14. The molecule has 9 heteroatoms. The molecule has 0 spiro atoms. The van der Waals surface area contributed by atoms with Gasteiger partial charge in [-0.3, -0.25) is 14.5 Å². The lowest BCUT2D eigenvalue weighted by atomic mass is 9.90. The number of nitrogens with zero attached hydrogens (tertiary/aromatic N) is 2. The van der Waals surface area contributed by atoms with Gasteiger partial charge in [-0.2, -0.15) is 0 Å². The number of anilines is 1. The normalized spacial score (nSPS) is 19.6. The Morgan fingerprint density at radius 3 is 2.65 bits per heavy atom. The Labute approximate surface area is 200 Å². The third kappa shape index (κ3) is 4.07. The van der Waals surface area contributed by atoms with Crippen molar-refractivity contribution in [3.8, 4) is 11.3 Å². The van der Waals surface area contributed by atoms with E-state index in [2.05, 4.69) is 27.8 Å². The molecule has 34 heavy (non-hydrogen) atoms. The summed E-state index contributed by atoms with van der Waals surface area (Å²) in [6, 6.07) is 11.0. The standard InChI is InChI=1S/C25H23FN4O3S/c1-25(18-8-10-19(26)11-9-18)22(32)30(24(33)29-25)13-21(31)28-23-27-20(14-34-23)17-7-6-15-4-2-3-5-16(15)12-17/h6-12,14H,2-5,13H2,1H3,(H,29,33)(H,27,28,31)/t25-/m0/s1. The average molecular weight is 479 g/mol. The van der Waals surface area contributed by atoms with Gasteiger partial charge < -0.3 is 10.6 Å². The van der Waals surface area contributed by atoms with Gasteiger partial charge in [0.05, 0.1) is 5.69 Å². The quantitative estimate of drug-likeness (QED) is 0.537. The molecule has 0 unspecified atom stereocenters. The maximum absolute atomic E-state index is 13.3. The van der Waals surface area contributed by atoms with Crippen LogP contribution in [0.4, 0.5) is 14.3 Å². The second-order valence-corrected chi connectivity index (χ2v) is 9.59. The maximum atomic E-state index is 13.3. The molecule has 1 saturated heterocycles. The maximum Gasteiger partial charge on any atom is 0.325 e. The minimum Gasteiger partial charge on any atom is -0.319 e. The SMILES string of the molecule is C[C@@]1(c2ccc(F)cc2)NC(=O)N(CC(=O)Nc2nc(-c3ccc4c(c3)CCCC4)cs2)C1=O. The Hall–Kier alpha value is -3.59. The Bertz CT molecular complexity index is 1290. The fraction of sp³-hybridized carbons (Fsp3) is 0.280. The molecular formula is C25H23FN4O3S. The largest absolute Gasteiger partial charge is 0.325 e. The number of carbonyl (C=O) groups excluding carboxylic acids is 3. The van der Waals surface area contributed by atoms with Crippen molar-refractivity contribution < 1.29 is 18.8 Å². The second-order valence-electron chi connectivity index (χ2n) is 8.73. The zero-order valence-electron chi connectivity index (χ0n) is 18.6. The number of imide groups is 1. The molecule has 1 aliphatic heterocycles. The molecule has 1 atom stereocenters. The first kappa shape index (κ1) is 22.2. The van der Waals surface area contributed by atoms with Crippen molar-refractivity contribution in [1.29, 1.82) is 0 Å². The van der Waals surface area contributed by atoms with Gasteiger partial charge in [0.25, 0.3) is 5.91 Å². The van der Waals surface area contributed by atoms with Gasteiger partial charge in [0.1, 0.15) is 17.9 Å². The summed E-state index contributed by atoms with van der Waals surface area (Å²) in [5.41, 5.74) is 3.58. The van der Waals surface area contributed by atoms with Gasteiger partial charge in [0.2, 0.25) is 5.91 Å². The van der Waals surface area contributed by atoms with E-state index in [9.17, 15) is 18.8 Å². The number of hydrogen-bond acceptors (Lipinski definition) is 5. The summed E-state index contributed by atoms with van der Waals surface area (Å²) in [4.78, 5) is 43.4. The van der Waals surface area contributed by atoms with Gasteiger partial charge in [0, 0.05) is 10.9 Å². The van der Waals surface area contributed by atoms with E-state index in [-0.39, 0.29) is 0 Å². The van der Waals surface area contributed by atoms with Crippen LogP contribution in [-0.2, 0) is 28.0 Å². The highest BCUT2D eigenvalue weighted by Gasteiger charge is 2.49. The lowest BCUT2D eigenvalue weighted by Gasteiger charge is -2.22. The van der Waals surface area contributed by atoms with E-state index in [1.165, 1.54) is 66.5 Å². The van der Waals surface area contributed by atoms with Crippen molar-refractivity contribution in [2.24, 2.45) is 0 Å². The van der Waals surface area contributed by atoms with Crippen LogP contribution in [0.1, 0.15) is 36.5 Å². The van der Waals surface area contributed by atoms with E-state index >= 15 is 0 Å². The number of aryl methyl sites for hydroxylation is 2. The number of hydrogen-bond donors (Lipinski definition) is 2. The van der Waals surface area contributed by atoms with Crippen LogP contribution in [0.25, 0.3) is 11.3 Å². The summed E-state index contributed by atoms with van der Waals surface area (Å²) in [6.45, 7) is 1.08. The zero-order chi connectivity index (χ0) is 23.9. The van der Waals surface area contributed by atoms with Crippen LogP contribution in [0.5, 0.6) is 0 Å². The molecule has 4 amide bonds. The number of aromatic nitrogens is 1. The molecule has 7 nitrogen and oxygen atoms in total.